The van der Waals surface area contributed by atoms with E-state index in [2.05, 4.69) is 4.99 Å². The monoisotopic (exact) mass is 383 g/mol. The van der Waals surface area contributed by atoms with Crippen molar-refractivity contribution in [3.8, 4) is 0 Å². The fraction of sp³-hybridized carbons (Fsp3) is 0.522. The highest BCUT2D eigenvalue weighted by atomic mass is 19.1. The lowest BCUT2D eigenvalue weighted by molar-refractivity contribution is -0.153. The van der Waals surface area contributed by atoms with Crippen LogP contribution >= 0.6 is 0 Å². The molecule has 1 aromatic rings. The third-order valence-electron chi connectivity index (χ3n) is 6.13. The fourth-order valence-corrected chi connectivity index (χ4v) is 4.79. The highest BCUT2D eigenvalue weighted by Crippen LogP contribution is 2.44. The van der Waals surface area contributed by atoms with Crippen LogP contribution in [0.3, 0.4) is 0 Å². The number of carbonyl (C=O) groups excluding carboxylic acids is 2. The number of ketones is 1. The van der Waals surface area contributed by atoms with Gasteiger partial charge >= 0.3 is 5.97 Å². The Labute approximate surface area is 164 Å². The normalized spacial score (nSPS) is 25.9. The summed E-state index contributed by atoms with van der Waals surface area (Å²) in [6.07, 6.45) is 6.93. The number of esters is 1. The summed E-state index contributed by atoms with van der Waals surface area (Å²) in [6, 6.07) is 6.22. The summed E-state index contributed by atoms with van der Waals surface area (Å²) < 4.78 is 19.8. The Balaban J connectivity index is 1.72. The Morgan fingerprint density at radius 1 is 1.14 bits per heavy atom. The van der Waals surface area contributed by atoms with Crippen molar-refractivity contribution >= 4 is 17.5 Å². The first kappa shape index (κ1) is 19.0. The van der Waals surface area contributed by atoms with Crippen LogP contribution in [0.5, 0.6) is 0 Å². The second-order valence-corrected chi connectivity index (χ2v) is 8.10. The molecule has 0 radical (unpaired) electrons. The first-order valence-electron chi connectivity index (χ1n) is 10.3. The number of hydrogen-bond donors (Lipinski definition) is 0. The van der Waals surface area contributed by atoms with E-state index in [0.29, 0.717) is 29.7 Å². The van der Waals surface area contributed by atoms with Gasteiger partial charge < -0.3 is 4.74 Å². The Morgan fingerprint density at radius 2 is 1.93 bits per heavy atom. The second kappa shape index (κ2) is 7.98. The zero-order valence-electron chi connectivity index (χ0n) is 16.2. The van der Waals surface area contributed by atoms with Crippen LogP contribution in [0, 0.1) is 11.7 Å². The lowest BCUT2D eigenvalue weighted by Gasteiger charge is -2.35. The van der Waals surface area contributed by atoms with E-state index in [4.69, 9.17) is 4.74 Å². The Hall–Kier alpha value is -2.30. The molecule has 0 spiro atoms. The van der Waals surface area contributed by atoms with Crippen LogP contribution in [0.2, 0.25) is 0 Å². The first-order valence-corrected chi connectivity index (χ1v) is 10.3. The molecule has 1 heterocycles. The van der Waals surface area contributed by atoms with Gasteiger partial charge in [0.1, 0.15) is 17.8 Å². The van der Waals surface area contributed by atoms with Gasteiger partial charge in [-0.3, -0.25) is 14.6 Å². The number of carbonyl (C=O) groups is 2. The van der Waals surface area contributed by atoms with Gasteiger partial charge in [0.2, 0.25) is 0 Å². The predicted octanol–water partition coefficient (Wildman–Crippen LogP) is 4.88. The maximum Gasteiger partial charge on any atom is 0.315 e. The van der Waals surface area contributed by atoms with Crippen molar-refractivity contribution in [3.63, 3.8) is 0 Å². The van der Waals surface area contributed by atoms with Gasteiger partial charge in [0.25, 0.3) is 0 Å². The van der Waals surface area contributed by atoms with Crippen molar-refractivity contribution in [3.05, 3.63) is 46.9 Å². The zero-order chi connectivity index (χ0) is 19.7. The maximum atomic E-state index is 14.0. The number of rotatable bonds is 3. The molecule has 1 unspecified atom stereocenters. The van der Waals surface area contributed by atoms with Crippen LogP contribution < -0.4 is 0 Å². The molecule has 4 rings (SSSR count). The van der Waals surface area contributed by atoms with Crippen molar-refractivity contribution in [2.24, 2.45) is 10.9 Å². The van der Waals surface area contributed by atoms with Crippen LogP contribution in [-0.2, 0) is 14.3 Å². The van der Waals surface area contributed by atoms with E-state index in [0.717, 1.165) is 37.8 Å². The summed E-state index contributed by atoms with van der Waals surface area (Å²) in [6.45, 7) is 1.82. The highest BCUT2D eigenvalue weighted by Gasteiger charge is 2.43. The van der Waals surface area contributed by atoms with Crippen molar-refractivity contribution in [2.45, 2.75) is 70.3 Å². The minimum atomic E-state index is -0.676. The van der Waals surface area contributed by atoms with Crippen molar-refractivity contribution in [1.29, 1.82) is 0 Å². The van der Waals surface area contributed by atoms with Crippen molar-refractivity contribution in [1.82, 2.24) is 0 Å². The van der Waals surface area contributed by atoms with E-state index in [1.165, 1.54) is 18.6 Å². The van der Waals surface area contributed by atoms with E-state index in [1.54, 1.807) is 12.1 Å². The second-order valence-electron chi connectivity index (χ2n) is 8.10. The Kier molecular flexibility index (Phi) is 5.42. The number of ether oxygens (including phenoxy) is 1. The molecule has 1 fully saturated rings. The van der Waals surface area contributed by atoms with Gasteiger partial charge in [-0.15, -0.1) is 0 Å². The van der Waals surface area contributed by atoms with Gasteiger partial charge in [-0.25, -0.2) is 4.39 Å². The number of hydrogen-bond acceptors (Lipinski definition) is 4. The molecule has 2 aliphatic carbocycles. The van der Waals surface area contributed by atoms with E-state index >= 15 is 0 Å². The molecule has 28 heavy (non-hydrogen) atoms. The molecule has 0 aromatic heterocycles. The van der Waals surface area contributed by atoms with Gasteiger partial charge in [-0.2, -0.15) is 0 Å². The van der Waals surface area contributed by atoms with Crippen LogP contribution in [0.4, 0.5) is 4.39 Å². The van der Waals surface area contributed by atoms with E-state index < -0.39 is 11.8 Å². The molecule has 0 bridgehead atoms. The van der Waals surface area contributed by atoms with Crippen LogP contribution in [0.1, 0.15) is 69.8 Å². The molecule has 1 aliphatic heterocycles. The fourth-order valence-electron chi connectivity index (χ4n) is 4.79. The molecule has 0 amide bonds. The van der Waals surface area contributed by atoms with Gasteiger partial charge in [0.15, 0.2) is 5.78 Å². The highest BCUT2D eigenvalue weighted by molar-refractivity contribution is 6.08. The third-order valence-corrected chi connectivity index (χ3v) is 6.13. The summed E-state index contributed by atoms with van der Waals surface area (Å²) in [5, 5.41) is 0. The molecule has 1 saturated carbocycles. The largest absolute Gasteiger partial charge is 0.462 e. The molecule has 0 N–H and O–H groups in total. The topological polar surface area (TPSA) is 55.7 Å². The van der Waals surface area contributed by atoms with Gasteiger partial charge in [-0.05, 0) is 63.1 Å². The number of allylic oxidation sites excluding steroid dienone is 2. The molecule has 5 heteroatoms. The molecule has 4 nitrogen and oxygen atoms in total. The van der Waals surface area contributed by atoms with E-state index in [1.807, 2.05) is 6.92 Å². The lowest BCUT2D eigenvalue weighted by Crippen LogP contribution is -2.38. The number of Topliss-reactive ketones (excluding diaryl/α,β-unsaturated/α-hetero) is 1. The average molecular weight is 383 g/mol. The average Bonchev–Trinajstić information content (AvgIpc) is 2.68. The number of nitrogens with zero attached hydrogens (tertiary/aromatic N) is 1. The Bertz CT molecular complexity index is 851. The smallest absolute Gasteiger partial charge is 0.315 e. The molecular formula is C23H26FNO3. The summed E-state index contributed by atoms with van der Waals surface area (Å²) in [5.41, 5.74) is 2.63. The molecule has 1 aromatic carbocycles. The summed E-state index contributed by atoms with van der Waals surface area (Å²) in [5.74, 6) is -1.89. The van der Waals surface area contributed by atoms with Crippen LogP contribution in [0.25, 0.3) is 0 Å². The van der Waals surface area contributed by atoms with Crippen LogP contribution in [0.15, 0.2) is 40.5 Å². The standard InChI is InChI=1S/C23H26FNO3/c1-14-20(23(27)28-17-9-3-2-4-10-17)21(15-7-5-8-16(24)13-15)22-18(25-14)11-6-12-19(22)26/h5,7-8,13,17,20-21H,2-4,6,9-12H2,1H3/t20?,21-/m1/s1. The molecule has 0 saturated heterocycles. The quantitative estimate of drug-likeness (QED) is 0.699. The van der Waals surface area contributed by atoms with Crippen molar-refractivity contribution < 1.29 is 18.7 Å². The minimum Gasteiger partial charge on any atom is -0.462 e. The first-order chi connectivity index (χ1) is 13.5. The third kappa shape index (κ3) is 3.67. The zero-order valence-corrected chi connectivity index (χ0v) is 16.2. The Morgan fingerprint density at radius 3 is 2.68 bits per heavy atom. The summed E-state index contributed by atoms with van der Waals surface area (Å²) in [7, 11) is 0. The predicted molar refractivity (Wildman–Crippen MR) is 105 cm³/mol. The van der Waals surface area contributed by atoms with Gasteiger partial charge in [-0.1, -0.05) is 18.6 Å². The van der Waals surface area contributed by atoms with Gasteiger partial charge in [0, 0.05) is 29.3 Å². The lowest BCUT2D eigenvalue weighted by atomic mass is 9.71. The number of halogens is 1. The summed E-state index contributed by atoms with van der Waals surface area (Å²) in [4.78, 5) is 30.6. The minimum absolute atomic E-state index is 0.0160. The molecular weight excluding hydrogens is 357 g/mol. The summed E-state index contributed by atoms with van der Waals surface area (Å²) >= 11 is 0. The molecule has 3 aliphatic rings. The van der Waals surface area contributed by atoms with Gasteiger partial charge in [0.05, 0.1) is 0 Å². The van der Waals surface area contributed by atoms with Crippen molar-refractivity contribution in [2.75, 3.05) is 0 Å². The van der Waals surface area contributed by atoms with Crippen LogP contribution in [-0.4, -0.2) is 23.6 Å². The maximum absolute atomic E-state index is 14.0. The molecule has 2 atom stereocenters. The number of benzene rings is 1. The number of aliphatic imine (C=N–C) groups is 1. The molecule has 148 valence electrons. The van der Waals surface area contributed by atoms with E-state index in [9.17, 15) is 14.0 Å². The SMILES string of the molecule is CC1=NC2=C(C(=O)CCC2)[C@H](c2cccc(F)c2)C1C(=O)OC1CCCCC1. The van der Waals surface area contributed by atoms with E-state index in [-0.39, 0.29) is 23.7 Å².